The molecule has 3 rings (SSSR count). The number of piperidine rings is 1. The van der Waals surface area contributed by atoms with Crippen molar-refractivity contribution in [2.75, 3.05) is 13.1 Å². The molecule has 0 radical (unpaired) electrons. The first-order chi connectivity index (χ1) is 12.3. The lowest BCUT2D eigenvalue weighted by molar-refractivity contribution is -0.139. The van der Waals surface area contributed by atoms with Crippen molar-refractivity contribution in [3.8, 4) is 5.75 Å². The lowest BCUT2D eigenvalue weighted by atomic mass is 9.87. The Morgan fingerprint density at radius 1 is 1.19 bits per heavy atom. The topological polar surface area (TPSA) is 60.2 Å². The number of likely N-dealkylation sites (tertiary alicyclic amines) is 1. The van der Waals surface area contributed by atoms with E-state index >= 15 is 0 Å². The number of benzene rings is 1. The summed E-state index contributed by atoms with van der Waals surface area (Å²) in [5, 5.41) is 4.20. The molecule has 0 aliphatic carbocycles. The van der Waals surface area contributed by atoms with Crippen molar-refractivity contribution in [1.82, 2.24) is 19.7 Å². The number of amides is 1. The van der Waals surface area contributed by atoms with Gasteiger partial charge in [-0.2, -0.15) is 5.10 Å². The lowest BCUT2D eigenvalue weighted by Crippen LogP contribution is -2.45. The molecule has 1 aromatic carbocycles. The quantitative estimate of drug-likeness (QED) is 0.844. The fraction of sp³-hybridized carbons (Fsp3) is 0.550. The minimum atomic E-state index is -0.488. The van der Waals surface area contributed by atoms with Gasteiger partial charge in [0.05, 0.1) is 6.04 Å². The fourth-order valence-corrected chi connectivity index (χ4v) is 3.30. The average molecular weight is 356 g/mol. The zero-order valence-electron chi connectivity index (χ0n) is 16.1. The predicted molar refractivity (Wildman–Crippen MR) is 100 cm³/mol. The summed E-state index contributed by atoms with van der Waals surface area (Å²) >= 11 is 0. The summed E-state index contributed by atoms with van der Waals surface area (Å²) in [6, 6.07) is 8.34. The van der Waals surface area contributed by atoms with Crippen LogP contribution in [-0.2, 0) is 10.2 Å². The third kappa shape index (κ3) is 4.23. The lowest BCUT2D eigenvalue weighted by Gasteiger charge is -2.33. The zero-order valence-corrected chi connectivity index (χ0v) is 16.1. The molecule has 0 bridgehead atoms. The highest BCUT2D eigenvalue weighted by Crippen LogP contribution is 2.25. The summed E-state index contributed by atoms with van der Waals surface area (Å²) in [5.74, 6) is 0.776. The molecular weight excluding hydrogens is 328 g/mol. The smallest absolute Gasteiger partial charge is 0.263 e. The van der Waals surface area contributed by atoms with Gasteiger partial charge in [0.25, 0.3) is 5.91 Å². The van der Waals surface area contributed by atoms with Gasteiger partial charge in [-0.05, 0) is 42.9 Å². The summed E-state index contributed by atoms with van der Waals surface area (Å²) < 4.78 is 7.76. The SMILES string of the molecule is CC(Oc1ccc(C(C)(C)C)cc1)C(=O)N1CCC(n2cncn2)CC1. The number of aromatic nitrogens is 3. The molecule has 140 valence electrons. The Morgan fingerprint density at radius 2 is 1.85 bits per heavy atom. The van der Waals surface area contributed by atoms with Crippen molar-refractivity contribution < 1.29 is 9.53 Å². The van der Waals surface area contributed by atoms with Gasteiger partial charge in [-0.25, -0.2) is 9.67 Å². The van der Waals surface area contributed by atoms with Crippen LogP contribution in [0.5, 0.6) is 5.75 Å². The Bertz CT molecular complexity index is 711. The van der Waals surface area contributed by atoms with Gasteiger partial charge in [0.15, 0.2) is 6.10 Å². The van der Waals surface area contributed by atoms with Crippen molar-refractivity contribution in [3.05, 3.63) is 42.5 Å². The molecule has 1 aromatic heterocycles. The number of ether oxygens (including phenoxy) is 1. The molecule has 1 amide bonds. The van der Waals surface area contributed by atoms with E-state index in [-0.39, 0.29) is 11.3 Å². The first kappa shape index (κ1) is 18.4. The first-order valence-corrected chi connectivity index (χ1v) is 9.24. The second-order valence-corrected chi connectivity index (χ2v) is 7.97. The van der Waals surface area contributed by atoms with Gasteiger partial charge in [-0.3, -0.25) is 4.79 Å². The van der Waals surface area contributed by atoms with Crippen LogP contribution in [0.2, 0.25) is 0 Å². The minimum absolute atomic E-state index is 0.0435. The van der Waals surface area contributed by atoms with Crippen molar-refractivity contribution in [2.24, 2.45) is 0 Å². The molecule has 1 atom stereocenters. The second-order valence-electron chi connectivity index (χ2n) is 7.97. The first-order valence-electron chi connectivity index (χ1n) is 9.24. The zero-order chi connectivity index (χ0) is 18.7. The maximum absolute atomic E-state index is 12.7. The van der Waals surface area contributed by atoms with Crippen molar-refractivity contribution >= 4 is 5.91 Å². The number of carbonyl (C=O) groups is 1. The van der Waals surface area contributed by atoms with E-state index in [9.17, 15) is 4.79 Å². The Morgan fingerprint density at radius 3 is 2.38 bits per heavy atom. The van der Waals surface area contributed by atoms with Gasteiger partial charge >= 0.3 is 0 Å². The van der Waals surface area contributed by atoms with Gasteiger partial charge in [0.1, 0.15) is 18.4 Å². The third-order valence-electron chi connectivity index (χ3n) is 4.97. The molecule has 1 aliphatic heterocycles. The van der Waals surface area contributed by atoms with Crippen LogP contribution in [0.4, 0.5) is 0 Å². The van der Waals surface area contributed by atoms with E-state index in [4.69, 9.17) is 4.74 Å². The normalized spacial score (nSPS) is 17.2. The Hall–Kier alpha value is -2.37. The number of rotatable bonds is 4. The van der Waals surface area contributed by atoms with E-state index in [2.05, 4.69) is 43.0 Å². The summed E-state index contributed by atoms with van der Waals surface area (Å²) in [5.41, 5.74) is 1.35. The van der Waals surface area contributed by atoms with E-state index in [1.807, 2.05) is 28.6 Å². The van der Waals surface area contributed by atoms with Crippen LogP contribution in [0.3, 0.4) is 0 Å². The van der Waals surface area contributed by atoms with Gasteiger partial charge in [-0.15, -0.1) is 0 Å². The van der Waals surface area contributed by atoms with Crippen LogP contribution in [-0.4, -0.2) is 44.8 Å². The van der Waals surface area contributed by atoms with Crippen molar-refractivity contribution in [1.29, 1.82) is 0 Å². The fourth-order valence-electron chi connectivity index (χ4n) is 3.30. The van der Waals surface area contributed by atoms with Gasteiger partial charge < -0.3 is 9.64 Å². The van der Waals surface area contributed by atoms with E-state index in [1.165, 1.54) is 5.56 Å². The number of nitrogens with zero attached hydrogens (tertiary/aromatic N) is 4. The molecule has 1 fully saturated rings. The van der Waals surface area contributed by atoms with Crippen LogP contribution in [0, 0.1) is 0 Å². The largest absolute Gasteiger partial charge is 0.481 e. The molecule has 0 N–H and O–H groups in total. The van der Waals surface area contributed by atoms with Crippen molar-refractivity contribution in [3.63, 3.8) is 0 Å². The van der Waals surface area contributed by atoms with E-state index in [1.54, 1.807) is 12.7 Å². The highest BCUT2D eigenvalue weighted by molar-refractivity contribution is 5.81. The van der Waals surface area contributed by atoms with Crippen LogP contribution in [0.15, 0.2) is 36.9 Å². The molecule has 1 saturated heterocycles. The Kier molecular flexibility index (Phi) is 5.30. The molecule has 2 aromatic rings. The third-order valence-corrected chi connectivity index (χ3v) is 4.97. The Balaban J connectivity index is 1.53. The van der Waals surface area contributed by atoms with Gasteiger partial charge in [0.2, 0.25) is 0 Å². The summed E-state index contributed by atoms with van der Waals surface area (Å²) in [4.78, 5) is 18.6. The Labute approximate surface area is 155 Å². The van der Waals surface area contributed by atoms with Gasteiger partial charge in [-0.1, -0.05) is 32.9 Å². The average Bonchev–Trinajstić information content (AvgIpc) is 3.15. The monoisotopic (exact) mass is 356 g/mol. The maximum Gasteiger partial charge on any atom is 0.263 e. The molecular formula is C20H28N4O2. The highest BCUT2D eigenvalue weighted by Gasteiger charge is 2.28. The van der Waals surface area contributed by atoms with Gasteiger partial charge in [0, 0.05) is 13.1 Å². The molecule has 0 spiro atoms. The van der Waals surface area contributed by atoms with E-state index in [0.29, 0.717) is 6.04 Å². The molecule has 26 heavy (non-hydrogen) atoms. The molecule has 1 aliphatic rings. The van der Waals surface area contributed by atoms with E-state index in [0.717, 1.165) is 31.7 Å². The second kappa shape index (κ2) is 7.48. The maximum atomic E-state index is 12.7. The molecule has 0 saturated carbocycles. The van der Waals surface area contributed by atoms with Crippen LogP contribution >= 0.6 is 0 Å². The van der Waals surface area contributed by atoms with Crippen LogP contribution in [0.1, 0.15) is 52.1 Å². The predicted octanol–water partition coefficient (Wildman–Crippen LogP) is 3.21. The summed E-state index contributed by atoms with van der Waals surface area (Å²) in [7, 11) is 0. The molecule has 1 unspecified atom stereocenters. The highest BCUT2D eigenvalue weighted by atomic mass is 16.5. The minimum Gasteiger partial charge on any atom is -0.481 e. The van der Waals surface area contributed by atoms with Crippen LogP contribution in [0.25, 0.3) is 0 Å². The molecule has 6 nitrogen and oxygen atoms in total. The number of carbonyl (C=O) groups excluding carboxylic acids is 1. The number of hydrogen-bond acceptors (Lipinski definition) is 4. The van der Waals surface area contributed by atoms with Crippen LogP contribution < -0.4 is 4.74 Å². The molecule has 6 heteroatoms. The standard InChI is InChI=1S/C20H28N4O2/c1-15(26-18-7-5-16(6-8-18)20(2,3)4)19(25)23-11-9-17(10-12-23)24-14-21-13-22-24/h5-8,13-15,17H,9-12H2,1-4H3. The van der Waals surface area contributed by atoms with E-state index < -0.39 is 6.10 Å². The van der Waals surface area contributed by atoms with Crippen molar-refractivity contribution in [2.45, 2.75) is 58.1 Å². The molecule has 2 heterocycles. The summed E-state index contributed by atoms with van der Waals surface area (Å²) in [6.07, 6.45) is 4.59. The summed E-state index contributed by atoms with van der Waals surface area (Å²) in [6.45, 7) is 9.80. The number of hydrogen-bond donors (Lipinski definition) is 0.